The van der Waals surface area contributed by atoms with Gasteiger partial charge in [0.2, 0.25) is 0 Å². The van der Waals surface area contributed by atoms with E-state index in [0.29, 0.717) is 11.7 Å². The fourth-order valence-corrected chi connectivity index (χ4v) is 2.38. The Morgan fingerprint density at radius 2 is 1.75 bits per heavy atom. The van der Waals surface area contributed by atoms with Crippen LogP contribution in [0, 0.1) is 16.6 Å². The van der Waals surface area contributed by atoms with Gasteiger partial charge in [0.05, 0.1) is 11.4 Å². The fraction of sp³-hybridized carbons (Fsp3) is 0.538. The molecule has 0 unspecified atom stereocenters. The molecule has 0 atom stereocenters. The second-order valence-electron chi connectivity index (χ2n) is 5.75. The molecule has 0 saturated heterocycles. The smallest absolute Gasteiger partial charge is 0.125 e. The molecule has 1 aromatic carbocycles. The molecule has 2 nitrogen and oxygen atoms in total. The number of halogens is 1. The molecule has 1 fully saturated rings. The topological polar surface area (TPSA) is 38.0 Å². The number of rotatable bonds is 2. The van der Waals surface area contributed by atoms with E-state index in [1.165, 1.54) is 12.1 Å². The van der Waals surface area contributed by atoms with Crippen molar-refractivity contribution in [1.29, 1.82) is 0 Å². The number of nitrogen functional groups attached to an aromatic ring is 1. The van der Waals surface area contributed by atoms with Gasteiger partial charge in [-0.15, -0.1) is 0 Å². The molecule has 3 N–H and O–H groups in total. The molecule has 2 rings (SSSR count). The monoisotopic (exact) mass is 222 g/mol. The third-order valence-electron chi connectivity index (χ3n) is 4.33. The third kappa shape index (κ3) is 1.46. The molecule has 0 spiro atoms. The Morgan fingerprint density at radius 3 is 2.19 bits per heavy atom. The maximum absolute atomic E-state index is 12.9. The summed E-state index contributed by atoms with van der Waals surface area (Å²) in [7, 11) is 0. The number of nitrogens with two attached hydrogens (primary N) is 1. The molecule has 1 saturated carbocycles. The second-order valence-corrected chi connectivity index (χ2v) is 5.75. The van der Waals surface area contributed by atoms with Crippen LogP contribution in [0.25, 0.3) is 0 Å². The molecular formula is C13H19FN2. The third-order valence-corrected chi connectivity index (χ3v) is 4.33. The van der Waals surface area contributed by atoms with Gasteiger partial charge >= 0.3 is 0 Å². The summed E-state index contributed by atoms with van der Waals surface area (Å²) in [6, 6.07) is 4.87. The molecule has 3 heteroatoms. The number of anilines is 2. The Morgan fingerprint density at radius 1 is 1.19 bits per heavy atom. The van der Waals surface area contributed by atoms with Crippen LogP contribution < -0.4 is 11.1 Å². The highest BCUT2D eigenvalue weighted by molar-refractivity contribution is 5.67. The zero-order chi connectivity index (χ0) is 12.1. The highest BCUT2D eigenvalue weighted by atomic mass is 19.1. The Labute approximate surface area is 96.0 Å². The van der Waals surface area contributed by atoms with Gasteiger partial charge in [-0.05, 0) is 29.0 Å². The van der Waals surface area contributed by atoms with Crippen molar-refractivity contribution in [2.24, 2.45) is 10.8 Å². The quantitative estimate of drug-likeness (QED) is 0.754. The lowest BCUT2D eigenvalue weighted by molar-refractivity contribution is 0.457. The van der Waals surface area contributed by atoms with Crippen LogP contribution in [0.2, 0.25) is 0 Å². The highest BCUT2D eigenvalue weighted by Gasteiger charge is 2.64. The van der Waals surface area contributed by atoms with Crippen molar-refractivity contribution in [2.75, 3.05) is 11.1 Å². The molecule has 1 aliphatic carbocycles. The van der Waals surface area contributed by atoms with Gasteiger partial charge in [0.15, 0.2) is 0 Å². The summed E-state index contributed by atoms with van der Waals surface area (Å²) in [6.07, 6.45) is 0. The zero-order valence-electron chi connectivity index (χ0n) is 10.3. The SMILES string of the molecule is CC1(C)C(Nc2ccc(F)cc2N)C1(C)C. The van der Waals surface area contributed by atoms with E-state index in [-0.39, 0.29) is 16.6 Å². The molecule has 1 aromatic rings. The minimum Gasteiger partial charge on any atom is -0.397 e. The first-order valence-corrected chi connectivity index (χ1v) is 5.58. The maximum Gasteiger partial charge on any atom is 0.125 e. The predicted octanol–water partition coefficient (Wildman–Crippen LogP) is 3.25. The van der Waals surface area contributed by atoms with Gasteiger partial charge in [-0.1, -0.05) is 27.7 Å². The molecule has 16 heavy (non-hydrogen) atoms. The lowest BCUT2D eigenvalue weighted by atomic mass is 10.0. The molecule has 0 aliphatic heterocycles. The normalized spacial score (nSPS) is 21.8. The van der Waals surface area contributed by atoms with Crippen molar-refractivity contribution in [3.63, 3.8) is 0 Å². The van der Waals surface area contributed by atoms with Crippen molar-refractivity contribution in [3.8, 4) is 0 Å². The van der Waals surface area contributed by atoms with Gasteiger partial charge in [0, 0.05) is 6.04 Å². The van der Waals surface area contributed by atoms with Crippen LogP contribution >= 0.6 is 0 Å². The first-order valence-electron chi connectivity index (χ1n) is 5.58. The lowest BCUT2D eigenvalue weighted by Gasteiger charge is -2.10. The maximum atomic E-state index is 12.9. The van der Waals surface area contributed by atoms with E-state index in [1.54, 1.807) is 6.07 Å². The van der Waals surface area contributed by atoms with E-state index < -0.39 is 0 Å². The summed E-state index contributed by atoms with van der Waals surface area (Å²) < 4.78 is 12.9. The predicted molar refractivity (Wildman–Crippen MR) is 65.8 cm³/mol. The zero-order valence-corrected chi connectivity index (χ0v) is 10.3. The molecule has 0 bridgehead atoms. The summed E-state index contributed by atoms with van der Waals surface area (Å²) in [6.45, 7) is 8.91. The van der Waals surface area contributed by atoms with Crippen LogP contribution in [0.15, 0.2) is 18.2 Å². The van der Waals surface area contributed by atoms with Crippen molar-refractivity contribution < 1.29 is 4.39 Å². The Balaban J connectivity index is 2.18. The summed E-state index contributed by atoms with van der Waals surface area (Å²) >= 11 is 0. The van der Waals surface area contributed by atoms with E-state index >= 15 is 0 Å². The second kappa shape index (κ2) is 3.12. The molecule has 88 valence electrons. The van der Waals surface area contributed by atoms with E-state index in [4.69, 9.17) is 5.73 Å². The first-order chi connectivity index (χ1) is 7.26. The molecule has 1 aliphatic rings. The Kier molecular flexibility index (Phi) is 2.19. The molecule has 0 radical (unpaired) electrons. The van der Waals surface area contributed by atoms with Gasteiger partial charge in [-0.25, -0.2) is 4.39 Å². The molecule has 0 heterocycles. The minimum absolute atomic E-state index is 0.244. The Bertz CT molecular complexity index is 410. The summed E-state index contributed by atoms with van der Waals surface area (Å²) in [5, 5.41) is 3.40. The lowest BCUT2D eigenvalue weighted by Crippen LogP contribution is -2.11. The highest BCUT2D eigenvalue weighted by Crippen LogP contribution is 2.63. The van der Waals surface area contributed by atoms with Crippen LogP contribution in [-0.4, -0.2) is 6.04 Å². The van der Waals surface area contributed by atoms with Gasteiger partial charge in [-0.2, -0.15) is 0 Å². The van der Waals surface area contributed by atoms with E-state index in [9.17, 15) is 4.39 Å². The van der Waals surface area contributed by atoms with Crippen molar-refractivity contribution >= 4 is 11.4 Å². The van der Waals surface area contributed by atoms with Gasteiger partial charge < -0.3 is 11.1 Å². The number of nitrogens with one attached hydrogen (secondary N) is 1. The standard InChI is InChI=1S/C13H19FN2/c1-12(2)11(13(12,3)4)16-10-6-5-8(14)7-9(10)15/h5-7,11,16H,15H2,1-4H3. The number of benzene rings is 1. The van der Waals surface area contributed by atoms with Crippen LogP contribution in [-0.2, 0) is 0 Å². The fourth-order valence-electron chi connectivity index (χ4n) is 2.38. The average molecular weight is 222 g/mol. The molecular weight excluding hydrogens is 203 g/mol. The van der Waals surface area contributed by atoms with Crippen molar-refractivity contribution in [2.45, 2.75) is 33.7 Å². The Hall–Kier alpha value is -1.25. The van der Waals surface area contributed by atoms with Crippen LogP contribution in [0.1, 0.15) is 27.7 Å². The van der Waals surface area contributed by atoms with Gasteiger partial charge in [0.25, 0.3) is 0 Å². The first kappa shape index (κ1) is 11.2. The van der Waals surface area contributed by atoms with Crippen molar-refractivity contribution in [3.05, 3.63) is 24.0 Å². The van der Waals surface area contributed by atoms with Crippen LogP contribution in [0.3, 0.4) is 0 Å². The summed E-state index contributed by atoms with van der Waals surface area (Å²) in [5.41, 5.74) is 7.55. The molecule has 0 aromatic heterocycles. The minimum atomic E-state index is -0.294. The number of hydrogen-bond donors (Lipinski definition) is 2. The van der Waals surface area contributed by atoms with Gasteiger partial charge in [-0.3, -0.25) is 0 Å². The van der Waals surface area contributed by atoms with Crippen LogP contribution in [0.5, 0.6) is 0 Å². The summed E-state index contributed by atoms with van der Waals surface area (Å²) in [5.74, 6) is -0.294. The average Bonchev–Trinajstić information content (AvgIpc) is 2.52. The van der Waals surface area contributed by atoms with Crippen LogP contribution in [0.4, 0.5) is 15.8 Å². The number of hydrogen-bond acceptors (Lipinski definition) is 2. The van der Waals surface area contributed by atoms with Gasteiger partial charge in [0.1, 0.15) is 5.82 Å². The largest absolute Gasteiger partial charge is 0.397 e. The van der Waals surface area contributed by atoms with E-state index in [2.05, 4.69) is 33.0 Å². The molecule has 0 amide bonds. The summed E-state index contributed by atoms with van der Waals surface area (Å²) in [4.78, 5) is 0. The van der Waals surface area contributed by atoms with E-state index in [0.717, 1.165) is 5.69 Å². The van der Waals surface area contributed by atoms with Crippen molar-refractivity contribution in [1.82, 2.24) is 0 Å². The van der Waals surface area contributed by atoms with E-state index in [1.807, 2.05) is 0 Å².